The maximum absolute atomic E-state index is 5.75. The molecule has 0 saturated carbocycles. The van der Waals surface area contributed by atoms with E-state index in [1.165, 1.54) is 11.1 Å². The molecule has 0 unspecified atom stereocenters. The quantitative estimate of drug-likeness (QED) is 0.665. The van der Waals surface area contributed by atoms with Crippen LogP contribution in [0.25, 0.3) is 0 Å². The van der Waals surface area contributed by atoms with Gasteiger partial charge in [-0.05, 0) is 60.5 Å². The van der Waals surface area contributed by atoms with Gasteiger partial charge in [-0.2, -0.15) is 0 Å². The van der Waals surface area contributed by atoms with Gasteiger partial charge >= 0.3 is 0 Å². The van der Waals surface area contributed by atoms with Gasteiger partial charge in [-0.15, -0.1) is 0 Å². The molecule has 0 bridgehead atoms. The third kappa shape index (κ3) is 4.24. The molecule has 0 aliphatic heterocycles. The van der Waals surface area contributed by atoms with E-state index >= 15 is 0 Å². The van der Waals surface area contributed by atoms with Gasteiger partial charge in [-0.25, -0.2) is 0 Å². The lowest BCUT2D eigenvalue weighted by atomic mass is 10.1. The monoisotopic (exact) mass is 411 g/mol. The summed E-state index contributed by atoms with van der Waals surface area (Å²) in [5.41, 5.74) is 4.80. The van der Waals surface area contributed by atoms with E-state index in [1.54, 1.807) is 0 Å². The van der Waals surface area contributed by atoms with Gasteiger partial charge in [0.1, 0.15) is 5.75 Å². The van der Waals surface area contributed by atoms with E-state index in [1.807, 2.05) is 13.0 Å². The molecule has 2 aromatic carbocycles. The summed E-state index contributed by atoms with van der Waals surface area (Å²) in [4.78, 5) is 0. The molecule has 0 aliphatic carbocycles. The third-order valence-corrected chi connectivity index (χ3v) is 4.27. The highest BCUT2D eigenvalue weighted by atomic mass is 79.9. The Hall–Kier alpha value is -1.00. The predicted molar refractivity (Wildman–Crippen MR) is 96.3 cm³/mol. The van der Waals surface area contributed by atoms with Crippen LogP contribution in [-0.2, 0) is 6.54 Å². The fraction of sp³-hybridized carbons (Fsp3) is 0.294. The summed E-state index contributed by atoms with van der Waals surface area (Å²) in [6.07, 6.45) is 0. The van der Waals surface area contributed by atoms with Gasteiger partial charge in [0, 0.05) is 22.3 Å². The van der Waals surface area contributed by atoms with E-state index in [9.17, 15) is 0 Å². The van der Waals surface area contributed by atoms with E-state index < -0.39 is 0 Å². The van der Waals surface area contributed by atoms with Gasteiger partial charge in [0.15, 0.2) is 0 Å². The summed E-state index contributed by atoms with van der Waals surface area (Å²) in [5.74, 6) is 0.901. The van der Waals surface area contributed by atoms with Crippen LogP contribution in [0.5, 0.6) is 5.75 Å². The SMILES string of the molecule is CCOc1c(Br)cc(Br)cc1CNc1ccc(C)cc1C. The van der Waals surface area contributed by atoms with Crippen molar-refractivity contribution < 1.29 is 4.74 Å². The maximum Gasteiger partial charge on any atom is 0.138 e. The molecule has 0 amide bonds. The molecule has 21 heavy (non-hydrogen) atoms. The van der Waals surface area contributed by atoms with Gasteiger partial charge in [0.05, 0.1) is 11.1 Å². The highest BCUT2D eigenvalue weighted by molar-refractivity contribution is 9.11. The number of hydrogen-bond donors (Lipinski definition) is 1. The number of rotatable bonds is 5. The fourth-order valence-corrected chi connectivity index (χ4v) is 3.68. The van der Waals surface area contributed by atoms with Crippen LogP contribution in [0.4, 0.5) is 5.69 Å². The number of nitrogens with one attached hydrogen (secondary N) is 1. The summed E-state index contributed by atoms with van der Waals surface area (Å²) in [5, 5.41) is 3.49. The summed E-state index contributed by atoms with van der Waals surface area (Å²) in [6.45, 7) is 7.59. The van der Waals surface area contributed by atoms with Crippen LogP contribution in [0.15, 0.2) is 39.3 Å². The molecule has 0 spiro atoms. The van der Waals surface area contributed by atoms with Crippen molar-refractivity contribution in [2.75, 3.05) is 11.9 Å². The summed E-state index contributed by atoms with van der Waals surface area (Å²) in [7, 11) is 0. The second kappa shape index (κ2) is 7.32. The van der Waals surface area contributed by atoms with E-state index in [0.29, 0.717) is 6.61 Å². The number of ether oxygens (including phenoxy) is 1. The summed E-state index contributed by atoms with van der Waals surface area (Å²) < 4.78 is 7.76. The molecule has 2 aromatic rings. The second-order valence-corrected chi connectivity index (χ2v) is 6.75. The third-order valence-electron chi connectivity index (χ3n) is 3.23. The number of aryl methyl sites for hydroxylation is 2. The molecule has 0 heterocycles. The van der Waals surface area contributed by atoms with E-state index in [0.717, 1.165) is 32.5 Å². The van der Waals surface area contributed by atoms with Gasteiger partial charge in [0.25, 0.3) is 0 Å². The molecule has 0 saturated heterocycles. The van der Waals surface area contributed by atoms with Crippen molar-refractivity contribution in [1.82, 2.24) is 0 Å². The van der Waals surface area contributed by atoms with Crippen molar-refractivity contribution in [3.05, 3.63) is 56.0 Å². The average molecular weight is 413 g/mol. The Morgan fingerprint density at radius 3 is 2.52 bits per heavy atom. The largest absolute Gasteiger partial charge is 0.492 e. The molecule has 112 valence electrons. The van der Waals surface area contributed by atoms with Gasteiger partial charge in [0.2, 0.25) is 0 Å². The molecule has 0 radical (unpaired) electrons. The van der Waals surface area contributed by atoms with Crippen LogP contribution >= 0.6 is 31.9 Å². The van der Waals surface area contributed by atoms with Gasteiger partial charge in [-0.3, -0.25) is 0 Å². The first-order valence-electron chi connectivity index (χ1n) is 6.93. The lowest BCUT2D eigenvalue weighted by Crippen LogP contribution is -2.05. The van der Waals surface area contributed by atoms with Crippen LogP contribution in [0, 0.1) is 13.8 Å². The molecule has 0 fully saturated rings. The first-order chi connectivity index (χ1) is 10.0. The normalized spacial score (nSPS) is 10.5. The number of anilines is 1. The lowest BCUT2D eigenvalue weighted by Gasteiger charge is -2.15. The summed E-state index contributed by atoms with van der Waals surface area (Å²) in [6, 6.07) is 10.5. The fourth-order valence-electron chi connectivity index (χ4n) is 2.25. The van der Waals surface area contributed by atoms with E-state index in [4.69, 9.17) is 4.74 Å². The highest BCUT2D eigenvalue weighted by Crippen LogP contribution is 2.33. The average Bonchev–Trinajstić information content (AvgIpc) is 2.41. The Balaban J connectivity index is 2.22. The molecular weight excluding hydrogens is 394 g/mol. The lowest BCUT2D eigenvalue weighted by molar-refractivity contribution is 0.334. The number of hydrogen-bond acceptors (Lipinski definition) is 2. The standard InChI is InChI=1S/C17H19Br2NO/c1-4-21-17-13(8-14(18)9-15(17)19)10-20-16-6-5-11(2)7-12(16)3/h5-9,20H,4,10H2,1-3H3. The Bertz CT molecular complexity index is 641. The molecule has 1 N–H and O–H groups in total. The second-order valence-electron chi connectivity index (χ2n) is 4.98. The topological polar surface area (TPSA) is 21.3 Å². The molecule has 0 atom stereocenters. The highest BCUT2D eigenvalue weighted by Gasteiger charge is 2.10. The van der Waals surface area contributed by atoms with Crippen LogP contribution < -0.4 is 10.1 Å². The number of halogens is 2. The smallest absolute Gasteiger partial charge is 0.138 e. The Morgan fingerprint density at radius 2 is 1.86 bits per heavy atom. The zero-order chi connectivity index (χ0) is 15.4. The van der Waals surface area contributed by atoms with Crippen molar-refractivity contribution in [2.45, 2.75) is 27.3 Å². The molecule has 2 nitrogen and oxygen atoms in total. The first kappa shape index (κ1) is 16.4. The Morgan fingerprint density at radius 1 is 1.10 bits per heavy atom. The minimum Gasteiger partial charge on any atom is -0.492 e. The first-order valence-corrected chi connectivity index (χ1v) is 8.51. The van der Waals surface area contributed by atoms with Gasteiger partial charge < -0.3 is 10.1 Å². The summed E-state index contributed by atoms with van der Waals surface area (Å²) >= 11 is 7.10. The molecule has 0 aromatic heterocycles. The van der Waals surface area contributed by atoms with E-state index in [-0.39, 0.29) is 0 Å². The molecule has 2 rings (SSSR count). The zero-order valence-electron chi connectivity index (χ0n) is 12.5. The van der Waals surface area contributed by atoms with Crippen LogP contribution in [0.1, 0.15) is 23.6 Å². The minimum absolute atomic E-state index is 0.650. The molecule has 0 aliphatic rings. The van der Waals surface area contributed by atoms with Crippen LogP contribution in [0.3, 0.4) is 0 Å². The minimum atomic E-state index is 0.650. The zero-order valence-corrected chi connectivity index (χ0v) is 15.6. The number of benzene rings is 2. The predicted octanol–water partition coefficient (Wildman–Crippen LogP) is 5.84. The Kier molecular flexibility index (Phi) is 5.71. The van der Waals surface area contributed by atoms with Gasteiger partial charge in [-0.1, -0.05) is 33.6 Å². The van der Waals surface area contributed by atoms with Crippen LogP contribution in [-0.4, -0.2) is 6.61 Å². The molecular formula is C17H19Br2NO. The van der Waals surface area contributed by atoms with Crippen LogP contribution in [0.2, 0.25) is 0 Å². The van der Waals surface area contributed by atoms with E-state index in [2.05, 4.69) is 75.3 Å². The Labute approximate surface area is 143 Å². The maximum atomic E-state index is 5.75. The van der Waals surface area contributed by atoms with Crippen molar-refractivity contribution in [2.24, 2.45) is 0 Å². The van der Waals surface area contributed by atoms with Crippen molar-refractivity contribution in [3.8, 4) is 5.75 Å². The van der Waals surface area contributed by atoms with Crippen molar-refractivity contribution >= 4 is 37.5 Å². The van der Waals surface area contributed by atoms with Crippen molar-refractivity contribution in [3.63, 3.8) is 0 Å². The molecule has 4 heteroatoms. The van der Waals surface area contributed by atoms with Crippen molar-refractivity contribution in [1.29, 1.82) is 0 Å².